The van der Waals surface area contributed by atoms with Gasteiger partial charge in [-0.3, -0.25) is 4.79 Å². The molecule has 0 radical (unpaired) electrons. The quantitative estimate of drug-likeness (QED) is 0.911. The van der Waals surface area contributed by atoms with E-state index in [1.54, 1.807) is 0 Å². The average molecular weight is 339 g/mol. The van der Waals surface area contributed by atoms with E-state index in [1.165, 1.54) is 0 Å². The Morgan fingerprint density at radius 3 is 2.87 bits per heavy atom. The summed E-state index contributed by atoms with van der Waals surface area (Å²) in [6.07, 6.45) is 0. The lowest BCUT2D eigenvalue weighted by Crippen LogP contribution is -2.52. The fourth-order valence-electron chi connectivity index (χ4n) is 2.96. The molecule has 2 aromatic rings. The van der Waals surface area contributed by atoms with Crippen molar-refractivity contribution in [1.82, 2.24) is 20.4 Å². The predicted molar refractivity (Wildman–Crippen MR) is 91.2 cm³/mol. The molecule has 1 N–H and O–H groups in total. The van der Waals surface area contributed by atoms with Gasteiger partial charge < -0.3 is 14.7 Å². The highest BCUT2D eigenvalue weighted by Gasteiger charge is 2.28. The van der Waals surface area contributed by atoms with Gasteiger partial charge in [0.05, 0.1) is 16.6 Å². The maximum absolute atomic E-state index is 13.1. The van der Waals surface area contributed by atoms with E-state index in [0.29, 0.717) is 17.8 Å². The highest BCUT2D eigenvalue weighted by molar-refractivity contribution is 6.06. The number of aryl methyl sites for hydroxylation is 1. The smallest absolute Gasteiger partial charge is 0.259 e. The summed E-state index contributed by atoms with van der Waals surface area (Å²) in [6.45, 7) is 10.4. The summed E-state index contributed by atoms with van der Waals surface area (Å²) in [5, 5.41) is 8.19. The summed E-state index contributed by atoms with van der Waals surface area (Å²) in [6, 6.07) is 2.02. The summed E-state index contributed by atoms with van der Waals surface area (Å²) in [5.41, 5.74) is 2.68. The second-order valence-corrected chi connectivity index (χ2v) is 6.27. The summed E-state index contributed by atoms with van der Waals surface area (Å²) < 4.78 is 5.35. The minimum atomic E-state index is 0. The van der Waals surface area contributed by atoms with Gasteiger partial charge in [0.2, 0.25) is 0 Å². The van der Waals surface area contributed by atoms with Crippen molar-refractivity contribution < 1.29 is 9.32 Å². The Morgan fingerprint density at radius 1 is 1.48 bits per heavy atom. The van der Waals surface area contributed by atoms with Crippen LogP contribution in [0, 0.1) is 6.92 Å². The van der Waals surface area contributed by atoms with Crippen LogP contribution >= 0.6 is 12.4 Å². The molecule has 1 saturated heterocycles. The lowest BCUT2D eigenvalue weighted by atomic mass is 10.0. The van der Waals surface area contributed by atoms with E-state index in [-0.39, 0.29) is 30.3 Å². The molecule has 0 bridgehead atoms. The zero-order valence-corrected chi connectivity index (χ0v) is 14.7. The molecule has 7 heteroatoms. The van der Waals surface area contributed by atoms with Gasteiger partial charge in [0.15, 0.2) is 0 Å². The summed E-state index contributed by atoms with van der Waals surface area (Å²) >= 11 is 0. The average Bonchev–Trinajstić information content (AvgIpc) is 2.90. The van der Waals surface area contributed by atoms with Crippen LogP contribution in [0.1, 0.15) is 48.4 Å². The molecule has 126 valence electrons. The van der Waals surface area contributed by atoms with E-state index in [1.807, 2.05) is 31.7 Å². The summed E-state index contributed by atoms with van der Waals surface area (Å²) in [7, 11) is 0. The number of aromatic nitrogens is 2. The van der Waals surface area contributed by atoms with Crippen LogP contribution in [0.15, 0.2) is 10.6 Å². The molecular formula is C16H23ClN4O2. The van der Waals surface area contributed by atoms with Crippen molar-refractivity contribution in [2.24, 2.45) is 0 Å². The first kappa shape index (κ1) is 17.7. The molecule has 1 amide bonds. The van der Waals surface area contributed by atoms with Crippen LogP contribution in [0.4, 0.5) is 0 Å². The molecule has 0 unspecified atom stereocenters. The third-order valence-electron chi connectivity index (χ3n) is 4.14. The number of halogens is 1. The van der Waals surface area contributed by atoms with Gasteiger partial charge in [-0.25, -0.2) is 4.98 Å². The van der Waals surface area contributed by atoms with E-state index in [2.05, 4.69) is 22.4 Å². The van der Waals surface area contributed by atoms with Gasteiger partial charge in [-0.2, -0.15) is 0 Å². The zero-order valence-electron chi connectivity index (χ0n) is 13.9. The fourth-order valence-corrected chi connectivity index (χ4v) is 2.96. The Bertz CT molecular complexity index is 713. The van der Waals surface area contributed by atoms with Gasteiger partial charge in [0, 0.05) is 31.4 Å². The number of amides is 1. The molecule has 1 aliphatic rings. The molecule has 1 atom stereocenters. The van der Waals surface area contributed by atoms with E-state index in [9.17, 15) is 4.79 Å². The molecule has 1 aliphatic heterocycles. The number of pyridine rings is 1. The minimum Gasteiger partial charge on any atom is -0.335 e. The zero-order chi connectivity index (χ0) is 15.9. The predicted octanol–water partition coefficient (Wildman–Crippen LogP) is 2.51. The number of nitrogens with zero attached hydrogens (tertiary/aromatic N) is 3. The normalized spacial score (nSPS) is 18.3. The van der Waals surface area contributed by atoms with Crippen LogP contribution in [-0.4, -0.2) is 46.6 Å². The summed E-state index contributed by atoms with van der Waals surface area (Å²) in [4.78, 5) is 19.3. The van der Waals surface area contributed by atoms with Gasteiger partial charge in [-0.15, -0.1) is 12.4 Å². The first-order valence-corrected chi connectivity index (χ1v) is 7.77. The standard InChI is InChI=1S/C16H22N4O2.ClH/c1-9(2)14-13-12(7-10(3)18-15(13)22-19-14)16(21)20-6-5-17-8-11(20)4;/h7,9,11,17H,5-6,8H2,1-4H3;1H/t11-;/m1./s1. The number of hydrogen-bond donors (Lipinski definition) is 1. The number of carbonyl (C=O) groups excluding carboxylic acids is 1. The maximum Gasteiger partial charge on any atom is 0.259 e. The van der Waals surface area contributed by atoms with Crippen LogP contribution in [-0.2, 0) is 0 Å². The number of piperazine rings is 1. The topological polar surface area (TPSA) is 71.3 Å². The lowest BCUT2D eigenvalue weighted by molar-refractivity contribution is 0.0657. The van der Waals surface area contributed by atoms with Crippen molar-refractivity contribution >= 4 is 29.4 Å². The third-order valence-corrected chi connectivity index (χ3v) is 4.14. The van der Waals surface area contributed by atoms with E-state index >= 15 is 0 Å². The van der Waals surface area contributed by atoms with Crippen molar-refractivity contribution in [2.45, 2.75) is 39.7 Å². The highest BCUT2D eigenvalue weighted by atomic mass is 35.5. The van der Waals surface area contributed by atoms with Crippen LogP contribution in [0.25, 0.3) is 11.1 Å². The molecular weight excluding hydrogens is 316 g/mol. The highest BCUT2D eigenvalue weighted by Crippen LogP contribution is 2.28. The molecule has 0 spiro atoms. The Hall–Kier alpha value is -1.66. The van der Waals surface area contributed by atoms with Crippen molar-refractivity contribution in [2.75, 3.05) is 19.6 Å². The van der Waals surface area contributed by atoms with Crippen molar-refractivity contribution in [1.29, 1.82) is 0 Å². The first-order chi connectivity index (χ1) is 10.5. The summed E-state index contributed by atoms with van der Waals surface area (Å²) in [5.74, 6) is 0.215. The molecule has 2 aromatic heterocycles. The molecule has 0 aliphatic carbocycles. The Kier molecular flexibility index (Phi) is 5.26. The van der Waals surface area contributed by atoms with Gasteiger partial charge in [0.25, 0.3) is 11.6 Å². The van der Waals surface area contributed by atoms with Gasteiger partial charge >= 0.3 is 0 Å². The number of rotatable bonds is 2. The third kappa shape index (κ3) is 3.19. The van der Waals surface area contributed by atoms with E-state index in [4.69, 9.17) is 4.52 Å². The Morgan fingerprint density at radius 2 is 2.22 bits per heavy atom. The molecule has 3 rings (SSSR count). The number of carbonyl (C=O) groups is 1. The van der Waals surface area contributed by atoms with E-state index in [0.717, 1.165) is 29.9 Å². The largest absolute Gasteiger partial charge is 0.335 e. The molecule has 1 fully saturated rings. The van der Waals surface area contributed by atoms with Crippen molar-refractivity contribution in [3.8, 4) is 0 Å². The number of fused-ring (bicyclic) bond motifs is 1. The van der Waals surface area contributed by atoms with Crippen molar-refractivity contribution in [3.63, 3.8) is 0 Å². The van der Waals surface area contributed by atoms with Gasteiger partial charge in [-0.1, -0.05) is 19.0 Å². The number of nitrogens with one attached hydrogen (secondary N) is 1. The van der Waals surface area contributed by atoms with Crippen LogP contribution in [0.3, 0.4) is 0 Å². The Labute approximate surface area is 142 Å². The van der Waals surface area contributed by atoms with Gasteiger partial charge in [0.1, 0.15) is 0 Å². The second-order valence-electron chi connectivity index (χ2n) is 6.27. The Balaban J connectivity index is 0.00000192. The van der Waals surface area contributed by atoms with Crippen LogP contribution in [0.5, 0.6) is 0 Å². The number of hydrogen-bond acceptors (Lipinski definition) is 5. The molecule has 23 heavy (non-hydrogen) atoms. The van der Waals surface area contributed by atoms with Crippen LogP contribution < -0.4 is 5.32 Å². The molecule has 3 heterocycles. The van der Waals surface area contributed by atoms with Gasteiger partial charge in [-0.05, 0) is 25.8 Å². The fraction of sp³-hybridized carbons (Fsp3) is 0.562. The lowest BCUT2D eigenvalue weighted by Gasteiger charge is -2.34. The van der Waals surface area contributed by atoms with Crippen LogP contribution in [0.2, 0.25) is 0 Å². The van der Waals surface area contributed by atoms with E-state index < -0.39 is 0 Å². The monoisotopic (exact) mass is 338 g/mol. The van der Waals surface area contributed by atoms with Crippen molar-refractivity contribution in [3.05, 3.63) is 23.0 Å². The minimum absolute atomic E-state index is 0. The first-order valence-electron chi connectivity index (χ1n) is 7.77. The maximum atomic E-state index is 13.1. The SMILES string of the molecule is Cc1cc(C(=O)N2CCNC[C@H]2C)c2c(C(C)C)noc2n1.Cl. The molecule has 0 aromatic carbocycles. The second kappa shape index (κ2) is 6.84. The molecule has 6 nitrogen and oxygen atoms in total. The molecule has 0 saturated carbocycles.